The van der Waals surface area contributed by atoms with E-state index in [1.165, 1.54) is 12.1 Å². The van der Waals surface area contributed by atoms with E-state index in [0.29, 0.717) is 18.9 Å². The molecule has 0 aliphatic rings. The highest BCUT2D eigenvalue weighted by Gasteiger charge is 2.21. The molecule has 0 saturated heterocycles. The highest BCUT2D eigenvalue weighted by atomic mass is 19.1. The summed E-state index contributed by atoms with van der Waals surface area (Å²) in [6, 6.07) is 5.95. The molecule has 0 unspecified atom stereocenters. The van der Waals surface area contributed by atoms with E-state index in [-0.39, 0.29) is 18.0 Å². The van der Waals surface area contributed by atoms with Crippen LogP contribution in [-0.2, 0) is 0 Å². The molecule has 0 aromatic heterocycles. The van der Waals surface area contributed by atoms with Crippen molar-refractivity contribution >= 4 is 0 Å². The number of rotatable bonds is 6. The van der Waals surface area contributed by atoms with Gasteiger partial charge < -0.3 is 9.84 Å². The van der Waals surface area contributed by atoms with E-state index < -0.39 is 0 Å². The summed E-state index contributed by atoms with van der Waals surface area (Å²) in [6.07, 6.45) is 0. The lowest BCUT2D eigenvalue weighted by atomic mass is 10.1. The molecule has 1 aromatic rings. The first kappa shape index (κ1) is 13.9. The third kappa shape index (κ3) is 4.32. The summed E-state index contributed by atoms with van der Waals surface area (Å²) in [7, 11) is 1.93. The molecule has 0 heterocycles. The Labute approximate surface area is 102 Å². The van der Waals surface area contributed by atoms with Crippen LogP contribution in [0.3, 0.4) is 0 Å². The van der Waals surface area contributed by atoms with Crippen LogP contribution < -0.4 is 4.74 Å². The molecule has 1 aromatic carbocycles. The van der Waals surface area contributed by atoms with Gasteiger partial charge in [-0.2, -0.15) is 0 Å². The average Bonchev–Trinajstić information content (AvgIpc) is 2.31. The molecule has 1 rings (SSSR count). The zero-order chi connectivity index (χ0) is 12.9. The maximum atomic E-state index is 12.6. The van der Waals surface area contributed by atoms with E-state index in [1.54, 1.807) is 12.1 Å². The molecule has 0 atom stereocenters. The minimum atomic E-state index is -0.268. The van der Waals surface area contributed by atoms with Gasteiger partial charge in [-0.15, -0.1) is 0 Å². The minimum Gasteiger partial charge on any atom is -0.492 e. The first-order chi connectivity index (χ1) is 7.95. The fraction of sp³-hybridized carbons (Fsp3) is 0.538. The normalized spacial score (nSPS) is 11.9. The summed E-state index contributed by atoms with van der Waals surface area (Å²) in [6.45, 7) is 5.23. The van der Waals surface area contributed by atoms with Crippen LogP contribution in [0.2, 0.25) is 0 Å². The van der Waals surface area contributed by atoms with Crippen LogP contribution in [0, 0.1) is 5.82 Å². The van der Waals surface area contributed by atoms with Crippen molar-refractivity contribution in [3.05, 3.63) is 30.1 Å². The number of halogens is 1. The van der Waals surface area contributed by atoms with Crippen LogP contribution >= 0.6 is 0 Å². The number of hydrogen-bond acceptors (Lipinski definition) is 3. The number of benzene rings is 1. The highest BCUT2D eigenvalue weighted by molar-refractivity contribution is 5.21. The summed E-state index contributed by atoms with van der Waals surface area (Å²) in [4.78, 5) is 2.02. The van der Waals surface area contributed by atoms with Crippen molar-refractivity contribution in [1.82, 2.24) is 4.90 Å². The van der Waals surface area contributed by atoms with Gasteiger partial charge in [-0.3, -0.25) is 4.90 Å². The maximum Gasteiger partial charge on any atom is 0.123 e. The second-order valence-electron chi connectivity index (χ2n) is 4.69. The van der Waals surface area contributed by atoms with Gasteiger partial charge in [0.2, 0.25) is 0 Å². The first-order valence-electron chi connectivity index (χ1n) is 5.66. The Balaban J connectivity index is 2.35. The van der Waals surface area contributed by atoms with E-state index in [9.17, 15) is 9.50 Å². The van der Waals surface area contributed by atoms with Crippen molar-refractivity contribution in [3.63, 3.8) is 0 Å². The Morgan fingerprint density at radius 2 is 1.88 bits per heavy atom. The lowest BCUT2D eigenvalue weighted by molar-refractivity contribution is 0.0678. The molecule has 0 aliphatic heterocycles. The van der Waals surface area contributed by atoms with E-state index >= 15 is 0 Å². The third-order valence-corrected chi connectivity index (χ3v) is 2.93. The number of nitrogens with zero attached hydrogens (tertiary/aromatic N) is 1. The van der Waals surface area contributed by atoms with Gasteiger partial charge in [0, 0.05) is 12.1 Å². The fourth-order valence-corrected chi connectivity index (χ4v) is 1.25. The second kappa shape index (κ2) is 5.98. The summed E-state index contributed by atoms with van der Waals surface area (Å²) in [5.74, 6) is 0.387. The first-order valence-corrected chi connectivity index (χ1v) is 5.66. The summed E-state index contributed by atoms with van der Waals surface area (Å²) >= 11 is 0. The van der Waals surface area contributed by atoms with Crippen LogP contribution in [0.25, 0.3) is 0 Å². The van der Waals surface area contributed by atoms with E-state index in [1.807, 2.05) is 25.8 Å². The molecular formula is C13H20FNO2. The maximum absolute atomic E-state index is 12.6. The lowest BCUT2D eigenvalue weighted by Gasteiger charge is -2.33. The summed E-state index contributed by atoms with van der Waals surface area (Å²) in [5, 5.41) is 9.19. The summed E-state index contributed by atoms with van der Waals surface area (Å²) < 4.78 is 18.1. The molecule has 17 heavy (non-hydrogen) atoms. The number of aliphatic hydroxyl groups excluding tert-OH is 1. The van der Waals surface area contributed by atoms with Crippen molar-refractivity contribution in [3.8, 4) is 5.75 Å². The molecule has 0 amide bonds. The van der Waals surface area contributed by atoms with Crippen molar-refractivity contribution < 1.29 is 14.2 Å². The van der Waals surface area contributed by atoms with E-state index in [4.69, 9.17) is 4.74 Å². The van der Waals surface area contributed by atoms with Gasteiger partial charge in [-0.1, -0.05) is 0 Å². The van der Waals surface area contributed by atoms with Crippen LogP contribution in [0.1, 0.15) is 13.8 Å². The van der Waals surface area contributed by atoms with Crippen LogP contribution in [0.4, 0.5) is 4.39 Å². The van der Waals surface area contributed by atoms with Crippen LogP contribution in [0.5, 0.6) is 5.75 Å². The van der Waals surface area contributed by atoms with Crippen molar-refractivity contribution in [1.29, 1.82) is 0 Å². The van der Waals surface area contributed by atoms with Gasteiger partial charge in [-0.25, -0.2) is 4.39 Å². The Kier molecular flexibility index (Phi) is 4.90. The minimum absolute atomic E-state index is 0.0973. The Bertz CT molecular complexity index is 338. The quantitative estimate of drug-likeness (QED) is 0.825. The predicted molar refractivity (Wildman–Crippen MR) is 65.7 cm³/mol. The largest absolute Gasteiger partial charge is 0.492 e. The number of ether oxygens (including phenoxy) is 1. The van der Waals surface area contributed by atoms with Crippen molar-refractivity contribution in [2.24, 2.45) is 0 Å². The van der Waals surface area contributed by atoms with Crippen molar-refractivity contribution in [2.45, 2.75) is 19.4 Å². The molecule has 0 radical (unpaired) electrons. The van der Waals surface area contributed by atoms with Gasteiger partial charge in [0.25, 0.3) is 0 Å². The molecule has 0 bridgehead atoms. The molecule has 1 N–H and O–H groups in total. The zero-order valence-electron chi connectivity index (χ0n) is 10.6. The topological polar surface area (TPSA) is 32.7 Å². The standard InChI is InChI=1S/C13H20FNO2/c1-13(2,10-16)15(3)8-9-17-12-6-4-11(14)5-7-12/h4-7,16H,8-10H2,1-3H3. The molecule has 3 nitrogen and oxygen atoms in total. The fourth-order valence-electron chi connectivity index (χ4n) is 1.25. The smallest absolute Gasteiger partial charge is 0.123 e. The SMILES string of the molecule is CN(CCOc1ccc(F)cc1)C(C)(C)CO. The van der Waals surface area contributed by atoms with Gasteiger partial charge in [0.15, 0.2) is 0 Å². The lowest BCUT2D eigenvalue weighted by Crippen LogP contribution is -2.45. The second-order valence-corrected chi connectivity index (χ2v) is 4.69. The molecule has 96 valence electrons. The van der Waals surface area contributed by atoms with Gasteiger partial charge in [0.1, 0.15) is 18.2 Å². The van der Waals surface area contributed by atoms with Gasteiger partial charge >= 0.3 is 0 Å². The number of aliphatic hydroxyl groups is 1. The number of hydrogen-bond donors (Lipinski definition) is 1. The monoisotopic (exact) mass is 241 g/mol. The molecule has 0 aliphatic carbocycles. The van der Waals surface area contributed by atoms with Gasteiger partial charge in [-0.05, 0) is 45.2 Å². The van der Waals surface area contributed by atoms with Crippen LogP contribution in [-0.4, -0.2) is 42.4 Å². The van der Waals surface area contributed by atoms with Gasteiger partial charge in [0.05, 0.1) is 6.61 Å². The van der Waals surface area contributed by atoms with E-state index in [2.05, 4.69) is 0 Å². The molecule has 0 fully saturated rings. The van der Waals surface area contributed by atoms with Crippen molar-refractivity contribution in [2.75, 3.05) is 26.8 Å². The zero-order valence-corrected chi connectivity index (χ0v) is 10.6. The van der Waals surface area contributed by atoms with Crippen LogP contribution in [0.15, 0.2) is 24.3 Å². The Morgan fingerprint density at radius 3 is 2.41 bits per heavy atom. The summed E-state index contributed by atoms with van der Waals surface area (Å²) in [5.41, 5.74) is -0.258. The Hall–Kier alpha value is -1.13. The number of likely N-dealkylation sites (N-methyl/N-ethyl adjacent to an activating group) is 1. The molecule has 0 saturated carbocycles. The molecule has 4 heteroatoms. The average molecular weight is 241 g/mol. The molecule has 0 spiro atoms. The third-order valence-electron chi connectivity index (χ3n) is 2.93. The highest BCUT2D eigenvalue weighted by Crippen LogP contribution is 2.13. The molecular weight excluding hydrogens is 221 g/mol. The Morgan fingerprint density at radius 1 is 1.29 bits per heavy atom. The predicted octanol–water partition coefficient (Wildman–Crippen LogP) is 1.91. The van der Waals surface area contributed by atoms with E-state index in [0.717, 1.165) is 0 Å².